The lowest BCUT2D eigenvalue weighted by Gasteiger charge is -2.12. The Bertz CT molecular complexity index is 132. The summed E-state index contributed by atoms with van der Waals surface area (Å²) in [7, 11) is 0.236. The Morgan fingerprint density at radius 3 is 3.18 bits per heavy atom. The second kappa shape index (κ2) is 4.54. The van der Waals surface area contributed by atoms with Crippen LogP contribution in [0.3, 0.4) is 0 Å². The van der Waals surface area contributed by atoms with Crippen molar-refractivity contribution in [2.75, 3.05) is 26.3 Å². The van der Waals surface area contributed by atoms with Crippen molar-refractivity contribution < 1.29 is 14.6 Å². The average Bonchev–Trinajstić information content (AvgIpc) is 2.39. The molecule has 1 aliphatic rings. The lowest BCUT2D eigenvalue weighted by molar-refractivity contribution is -0.784. The van der Waals surface area contributed by atoms with Gasteiger partial charge in [-0.3, -0.25) is 0 Å². The first-order chi connectivity index (χ1) is 5.38. The SMILES string of the molecule is C=CCB1OCC[NH+]1CCO. The van der Waals surface area contributed by atoms with Crippen LogP contribution in [0.25, 0.3) is 0 Å². The molecule has 62 valence electrons. The van der Waals surface area contributed by atoms with E-state index < -0.39 is 0 Å². The molecule has 1 atom stereocenters. The van der Waals surface area contributed by atoms with Crippen molar-refractivity contribution in [2.24, 2.45) is 0 Å². The van der Waals surface area contributed by atoms with Gasteiger partial charge in [0.2, 0.25) is 0 Å². The van der Waals surface area contributed by atoms with Gasteiger partial charge in [-0.25, -0.2) is 0 Å². The third kappa shape index (κ3) is 2.32. The molecular weight excluding hydrogens is 141 g/mol. The van der Waals surface area contributed by atoms with E-state index in [1.807, 2.05) is 6.08 Å². The molecular formula is C7H15BNO2+. The molecule has 1 rings (SSSR count). The predicted octanol–water partition coefficient (Wildman–Crippen LogP) is -1.43. The maximum absolute atomic E-state index is 8.71. The molecule has 0 amide bonds. The second-order valence-corrected chi connectivity index (χ2v) is 2.77. The first-order valence-electron chi connectivity index (χ1n) is 4.06. The highest BCUT2D eigenvalue weighted by Gasteiger charge is 2.36. The van der Waals surface area contributed by atoms with Gasteiger partial charge in [-0.2, -0.15) is 0 Å². The Kier molecular flexibility index (Phi) is 3.62. The predicted molar refractivity (Wildman–Crippen MR) is 44.5 cm³/mol. The van der Waals surface area contributed by atoms with Crippen molar-refractivity contribution in [3.63, 3.8) is 0 Å². The molecule has 4 heteroatoms. The summed E-state index contributed by atoms with van der Waals surface area (Å²) in [6, 6.07) is 0. The fourth-order valence-electron chi connectivity index (χ4n) is 1.43. The van der Waals surface area contributed by atoms with Crippen LogP contribution in [0.5, 0.6) is 0 Å². The average molecular weight is 156 g/mol. The van der Waals surface area contributed by atoms with Crippen molar-refractivity contribution in [3.05, 3.63) is 12.7 Å². The Labute approximate surface area is 67.8 Å². The van der Waals surface area contributed by atoms with Gasteiger partial charge in [0, 0.05) is 6.32 Å². The molecule has 1 heterocycles. The van der Waals surface area contributed by atoms with E-state index in [4.69, 9.17) is 9.76 Å². The van der Waals surface area contributed by atoms with Gasteiger partial charge >= 0.3 is 7.05 Å². The minimum atomic E-state index is 0.236. The van der Waals surface area contributed by atoms with Crippen LogP contribution in [-0.2, 0) is 4.65 Å². The van der Waals surface area contributed by atoms with Gasteiger partial charge in [-0.1, -0.05) is 6.08 Å². The first-order valence-corrected chi connectivity index (χ1v) is 4.06. The van der Waals surface area contributed by atoms with Gasteiger partial charge in [-0.15, -0.1) is 6.58 Å². The van der Waals surface area contributed by atoms with Crippen LogP contribution in [0.4, 0.5) is 0 Å². The zero-order valence-electron chi connectivity index (χ0n) is 6.75. The third-order valence-electron chi connectivity index (χ3n) is 2.01. The molecule has 1 fully saturated rings. The van der Waals surface area contributed by atoms with Gasteiger partial charge in [0.1, 0.15) is 0 Å². The topological polar surface area (TPSA) is 33.9 Å². The number of aliphatic hydroxyl groups excluding tert-OH is 1. The van der Waals surface area contributed by atoms with E-state index in [0.717, 1.165) is 26.0 Å². The molecule has 0 radical (unpaired) electrons. The van der Waals surface area contributed by atoms with Crippen molar-refractivity contribution in [3.8, 4) is 0 Å². The normalized spacial score (nSPS) is 24.1. The minimum absolute atomic E-state index is 0.236. The highest BCUT2D eigenvalue weighted by Crippen LogP contribution is 1.92. The smallest absolute Gasteiger partial charge is 0.391 e. The molecule has 3 nitrogen and oxygen atoms in total. The van der Waals surface area contributed by atoms with Gasteiger partial charge < -0.3 is 14.6 Å². The van der Waals surface area contributed by atoms with Crippen molar-refractivity contribution in [2.45, 2.75) is 6.32 Å². The molecule has 0 spiro atoms. The number of quaternary nitrogens is 1. The molecule has 2 N–H and O–H groups in total. The van der Waals surface area contributed by atoms with Gasteiger partial charge in [-0.05, 0) is 0 Å². The van der Waals surface area contributed by atoms with Crippen LogP contribution in [0.15, 0.2) is 12.7 Å². The van der Waals surface area contributed by atoms with E-state index in [-0.39, 0.29) is 13.7 Å². The molecule has 1 unspecified atom stereocenters. The summed E-state index contributed by atoms with van der Waals surface area (Å²) in [6.07, 6.45) is 2.75. The first kappa shape index (κ1) is 8.78. The van der Waals surface area contributed by atoms with E-state index >= 15 is 0 Å². The Morgan fingerprint density at radius 1 is 1.73 bits per heavy atom. The molecule has 0 aromatic heterocycles. The fourth-order valence-corrected chi connectivity index (χ4v) is 1.43. The number of rotatable bonds is 4. The van der Waals surface area contributed by atoms with Crippen molar-refractivity contribution in [1.29, 1.82) is 0 Å². The molecule has 0 aromatic carbocycles. The molecule has 0 aromatic rings. The maximum atomic E-state index is 8.71. The Morgan fingerprint density at radius 2 is 2.55 bits per heavy atom. The van der Waals surface area contributed by atoms with Crippen LogP contribution in [0.2, 0.25) is 6.32 Å². The Balaban J connectivity index is 2.31. The number of hydrogen-bond acceptors (Lipinski definition) is 2. The van der Waals surface area contributed by atoms with Gasteiger partial charge in [0.25, 0.3) is 0 Å². The highest BCUT2D eigenvalue weighted by atomic mass is 16.5. The zero-order chi connectivity index (χ0) is 8.10. The molecule has 0 saturated carbocycles. The minimum Gasteiger partial charge on any atom is -0.391 e. The fraction of sp³-hybridized carbons (Fsp3) is 0.714. The van der Waals surface area contributed by atoms with Crippen molar-refractivity contribution in [1.82, 2.24) is 0 Å². The lowest BCUT2D eigenvalue weighted by Crippen LogP contribution is -3.16. The monoisotopic (exact) mass is 156 g/mol. The number of allylic oxidation sites excluding steroid dienone is 1. The number of aliphatic hydroxyl groups is 1. The van der Waals surface area contributed by atoms with E-state index in [1.165, 1.54) is 4.81 Å². The zero-order valence-corrected chi connectivity index (χ0v) is 6.75. The number of hydrogen-bond donors (Lipinski definition) is 2. The van der Waals surface area contributed by atoms with Crippen LogP contribution in [0.1, 0.15) is 0 Å². The maximum Gasteiger partial charge on any atom is 0.576 e. The van der Waals surface area contributed by atoms with Crippen LogP contribution >= 0.6 is 0 Å². The third-order valence-corrected chi connectivity index (χ3v) is 2.01. The quantitative estimate of drug-likeness (QED) is 0.386. The van der Waals surface area contributed by atoms with Crippen LogP contribution < -0.4 is 4.81 Å². The van der Waals surface area contributed by atoms with E-state index in [0.29, 0.717) is 0 Å². The summed E-state index contributed by atoms with van der Waals surface area (Å²) < 4.78 is 5.44. The van der Waals surface area contributed by atoms with Crippen LogP contribution in [-0.4, -0.2) is 38.5 Å². The summed E-state index contributed by atoms with van der Waals surface area (Å²) in [5.41, 5.74) is 0. The van der Waals surface area contributed by atoms with E-state index in [1.54, 1.807) is 0 Å². The standard InChI is InChI=1S/C7H14BNO2/c1-2-3-8-9(4-6-10)5-7-11-8/h2,10H,1,3-7H2/p+1. The van der Waals surface area contributed by atoms with E-state index in [2.05, 4.69) is 6.58 Å². The molecule has 11 heavy (non-hydrogen) atoms. The lowest BCUT2D eigenvalue weighted by atomic mass is 9.77. The summed E-state index contributed by atoms with van der Waals surface area (Å²) in [5.74, 6) is 0. The van der Waals surface area contributed by atoms with Gasteiger partial charge in [0.15, 0.2) is 0 Å². The summed E-state index contributed by atoms with van der Waals surface area (Å²) >= 11 is 0. The Hall–Kier alpha value is -0.315. The van der Waals surface area contributed by atoms with Crippen molar-refractivity contribution >= 4 is 7.05 Å². The van der Waals surface area contributed by atoms with Crippen LogP contribution in [0, 0.1) is 0 Å². The largest absolute Gasteiger partial charge is 0.576 e. The summed E-state index contributed by atoms with van der Waals surface area (Å²) in [5, 5.41) is 8.71. The molecule has 1 aliphatic heterocycles. The van der Waals surface area contributed by atoms with Gasteiger partial charge in [0.05, 0.1) is 26.3 Å². The molecule has 0 aliphatic carbocycles. The second-order valence-electron chi connectivity index (χ2n) is 2.77. The summed E-state index contributed by atoms with van der Waals surface area (Å²) in [6.45, 7) is 6.52. The molecule has 1 saturated heterocycles. The highest BCUT2D eigenvalue weighted by molar-refractivity contribution is 6.43. The molecule has 0 bridgehead atoms. The van der Waals surface area contributed by atoms with E-state index in [9.17, 15) is 0 Å². The summed E-state index contributed by atoms with van der Waals surface area (Å²) in [4.78, 5) is 1.34. The number of nitrogens with one attached hydrogen (secondary N) is 1.